The van der Waals surface area contributed by atoms with E-state index in [0.29, 0.717) is 0 Å². The molecule has 3 atom stereocenters. The molecule has 0 heterocycles. The van der Waals surface area contributed by atoms with E-state index >= 15 is 0 Å². The van der Waals surface area contributed by atoms with Gasteiger partial charge >= 0.3 is 0 Å². The van der Waals surface area contributed by atoms with Gasteiger partial charge in [0, 0.05) is 5.92 Å². The van der Waals surface area contributed by atoms with E-state index in [2.05, 4.69) is 38.2 Å². The number of hydrogen-bond acceptors (Lipinski definition) is 1. The van der Waals surface area contributed by atoms with Crippen molar-refractivity contribution in [2.75, 3.05) is 0 Å². The van der Waals surface area contributed by atoms with Gasteiger partial charge in [0.2, 0.25) is 5.91 Å². The first-order valence-electron chi connectivity index (χ1n) is 7.80. The molecule has 108 valence electrons. The Morgan fingerprint density at radius 3 is 2.25 bits per heavy atom. The zero-order chi connectivity index (χ0) is 14.3. The SMILES string of the molecule is CC(C)(C)C(NC(=O)C1CC2CC2C1)c1ccccc1. The van der Waals surface area contributed by atoms with Crippen molar-refractivity contribution in [2.24, 2.45) is 23.2 Å². The van der Waals surface area contributed by atoms with E-state index in [0.717, 1.165) is 24.7 Å². The second-order valence-corrected chi connectivity index (χ2v) is 7.64. The third-order valence-corrected chi connectivity index (χ3v) is 4.90. The quantitative estimate of drug-likeness (QED) is 0.886. The molecular formula is C18H25NO. The van der Waals surface area contributed by atoms with Crippen molar-refractivity contribution >= 4 is 5.91 Å². The lowest BCUT2D eigenvalue weighted by atomic mass is 9.82. The van der Waals surface area contributed by atoms with Crippen LogP contribution in [0.15, 0.2) is 30.3 Å². The molecule has 2 fully saturated rings. The van der Waals surface area contributed by atoms with Crippen LogP contribution >= 0.6 is 0 Å². The van der Waals surface area contributed by atoms with Gasteiger partial charge in [-0.3, -0.25) is 4.79 Å². The number of amides is 1. The fourth-order valence-corrected chi connectivity index (χ4v) is 3.63. The zero-order valence-corrected chi connectivity index (χ0v) is 12.7. The van der Waals surface area contributed by atoms with Gasteiger partial charge in [-0.05, 0) is 42.1 Å². The molecule has 2 heteroatoms. The van der Waals surface area contributed by atoms with Crippen LogP contribution in [0, 0.1) is 23.2 Å². The maximum Gasteiger partial charge on any atom is 0.223 e. The number of fused-ring (bicyclic) bond motifs is 1. The highest BCUT2D eigenvalue weighted by Crippen LogP contribution is 2.54. The topological polar surface area (TPSA) is 29.1 Å². The van der Waals surface area contributed by atoms with E-state index in [4.69, 9.17) is 0 Å². The Labute approximate surface area is 122 Å². The summed E-state index contributed by atoms with van der Waals surface area (Å²) in [5.41, 5.74) is 1.23. The van der Waals surface area contributed by atoms with Crippen LogP contribution in [0.2, 0.25) is 0 Å². The highest BCUT2D eigenvalue weighted by atomic mass is 16.2. The number of hydrogen-bond donors (Lipinski definition) is 1. The Bertz CT molecular complexity index is 478. The van der Waals surface area contributed by atoms with Gasteiger partial charge in [-0.2, -0.15) is 0 Å². The first-order valence-corrected chi connectivity index (χ1v) is 7.80. The second-order valence-electron chi connectivity index (χ2n) is 7.64. The lowest BCUT2D eigenvalue weighted by Crippen LogP contribution is -2.39. The normalized spacial score (nSPS) is 29.6. The van der Waals surface area contributed by atoms with E-state index in [1.165, 1.54) is 12.0 Å². The van der Waals surface area contributed by atoms with Gasteiger partial charge in [-0.25, -0.2) is 0 Å². The minimum absolute atomic E-state index is 0.0263. The van der Waals surface area contributed by atoms with Gasteiger partial charge in [0.1, 0.15) is 0 Å². The average Bonchev–Trinajstić information content (AvgIpc) is 3.02. The number of carbonyl (C=O) groups is 1. The summed E-state index contributed by atoms with van der Waals surface area (Å²) >= 11 is 0. The van der Waals surface area contributed by atoms with E-state index in [9.17, 15) is 4.79 Å². The predicted octanol–water partition coefficient (Wildman–Crippen LogP) is 3.94. The molecule has 2 saturated carbocycles. The van der Waals surface area contributed by atoms with Crippen LogP contribution in [0.1, 0.15) is 51.6 Å². The van der Waals surface area contributed by atoms with Crippen LogP contribution in [0.5, 0.6) is 0 Å². The molecule has 0 aliphatic heterocycles. The molecule has 0 spiro atoms. The zero-order valence-electron chi connectivity index (χ0n) is 12.7. The smallest absolute Gasteiger partial charge is 0.223 e. The van der Waals surface area contributed by atoms with Gasteiger partial charge in [-0.1, -0.05) is 51.1 Å². The Morgan fingerprint density at radius 2 is 1.70 bits per heavy atom. The first kappa shape index (κ1) is 13.7. The molecule has 1 amide bonds. The summed E-state index contributed by atoms with van der Waals surface area (Å²) in [6, 6.07) is 10.4. The molecule has 2 aliphatic carbocycles. The van der Waals surface area contributed by atoms with E-state index in [1.54, 1.807) is 0 Å². The molecule has 3 rings (SSSR count). The molecule has 1 aromatic rings. The maximum atomic E-state index is 12.5. The fourth-order valence-electron chi connectivity index (χ4n) is 3.63. The Hall–Kier alpha value is -1.31. The third kappa shape index (κ3) is 2.74. The lowest BCUT2D eigenvalue weighted by Gasteiger charge is -2.33. The first-order chi connectivity index (χ1) is 9.45. The van der Waals surface area contributed by atoms with Crippen LogP contribution in [0.3, 0.4) is 0 Å². The van der Waals surface area contributed by atoms with E-state index in [1.807, 2.05) is 18.2 Å². The number of rotatable bonds is 3. The van der Waals surface area contributed by atoms with Crippen LogP contribution in [0.25, 0.3) is 0 Å². The highest BCUT2D eigenvalue weighted by Gasteiger charge is 2.48. The summed E-state index contributed by atoms with van der Waals surface area (Å²) in [7, 11) is 0. The maximum absolute atomic E-state index is 12.5. The molecule has 2 nitrogen and oxygen atoms in total. The number of benzene rings is 1. The highest BCUT2D eigenvalue weighted by molar-refractivity contribution is 5.79. The Balaban J connectivity index is 1.72. The van der Waals surface area contributed by atoms with Crippen molar-refractivity contribution in [3.8, 4) is 0 Å². The molecular weight excluding hydrogens is 246 g/mol. The predicted molar refractivity (Wildman–Crippen MR) is 81.1 cm³/mol. The molecule has 1 N–H and O–H groups in total. The molecule has 0 radical (unpaired) electrons. The Morgan fingerprint density at radius 1 is 1.10 bits per heavy atom. The van der Waals surface area contributed by atoms with Crippen molar-refractivity contribution in [3.63, 3.8) is 0 Å². The molecule has 2 aliphatic rings. The van der Waals surface area contributed by atoms with Crippen LogP contribution < -0.4 is 5.32 Å². The van der Waals surface area contributed by atoms with Crippen molar-refractivity contribution in [1.29, 1.82) is 0 Å². The number of nitrogens with one attached hydrogen (secondary N) is 1. The standard InChI is InChI=1S/C18H25NO/c1-18(2,3)16(12-7-5-4-6-8-12)19-17(20)15-10-13-9-14(13)11-15/h4-8,13-16H,9-11H2,1-3H3,(H,19,20). The van der Waals surface area contributed by atoms with E-state index < -0.39 is 0 Å². The van der Waals surface area contributed by atoms with Gasteiger partial charge in [0.25, 0.3) is 0 Å². The van der Waals surface area contributed by atoms with Gasteiger partial charge < -0.3 is 5.32 Å². The summed E-state index contributed by atoms with van der Waals surface area (Å²) in [5.74, 6) is 2.24. The lowest BCUT2D eigenvalue weighted by molar-refractivity contribution is -0.126. The summed E-state index contributed by atoms with van der Waals surface area (Å²) < 4.78 is 0. The van der Waals surface area contributed by atoms with Crippen molar-refractivity contribution < 1.29 is 4.79 Å². The average molecular weight is 271 g/mol. The third-order valence-electron chi connectivity index (χ3n) is 4.90. The van der Waals surface area contributed by atoms with Crippen LogP contribution in [-0.4, -0.2) is 5.91 Å². The van der Waals surface area contributed by atoms with E-state index in [-0.39, 0.29) is 23.3 Å². The minimum Gasteiger partial charge on any atom is -0.349 e. The van der Waals surface area contributed by atoms with Crippen LogP contribution in [0.4, 0.5) is 0 Å². The number of carbonyl (C=O) groups excluding carboxylic acids is 1. The van der Waals surface area contributed by atoms with Gasteiger partial charge in [0.15, 0.2) is 0 Å². The summed E-state index contributed by atoms with van der Waals surface area (Å²) in [6.45, 7) is 6.57. The largest absolute Gasteiger partial charge is 0.349 e. The van der Waals surface area contributed by atoms with Gasteiger partial charge in [0.05, 0.1) is 6.04 Å². The monoisotopic (exact) mass is 271 g/mol. The summed E-state index contributed by atoms with van der Waals surface area (Å²) in [6.07, 6.45) is 3.59. The fraction of sp³-hybridized carbons (Fsp3) is 0.611. The van der Waals surface area contributed by atoms with Crippen LogP contribution in [-0.2, 0) is 4.79 Å². The molecule has 3 unspecified atom stereocenters. The summed E-state index contributed by atoms with van der Waals surface area (Å²) in [4.78, 5) is 12.5. The summed E-state index contributed by atoms with van der Waals surface area (Å²) in [5, 5.41) is 3.32. The molecule has 20 heavy (non-hydrogen) atoms. The molecule has 0 aromatic heterocycles. The molecule has 0 bridgehead atoms. The molecule has 0 saturated heterocycles. The second kappa shape index (κ2) is 4.91. The van der Waals surface area contributed by atoms with Crippen molar-refractivity contribution in [1.82, 2.24) is 5.32 Å². The van der Waals surface area contributed by atoms with Crippen molar-refractivity contribution in [3.05, 3.63) is 35.9 Å². The molecule has 1 aromatic carbocycles. The van der Waals surface area contributed by atoms with Crippen molar-refractivity contribution in [2.45, 2.75) is 46.1 Å². The minimum atomic E-state index is 0.0263. The van der Waals surface area contributed by atoms with Gasteiger partial charge in [-0.15, -0.1) is 0 Å². The Kier molecular flexibility index (Phi) is 3.35.